The molecule has 1 saturated heterocycles. The summed E-state index contributed by atoms with van der Waals surface area (Å²) < 4.78 is 1.38. The Hall–Kier alpha value is -2.18. The molecular weight excluding hydrogens is 330 g/mol. The van der Waals surface area contributed by atoms with Crippen molar-refractivity contribution in [2.45, 2.75) is 19.0 Å². The van der Waals surface area contributed by atoms with Crippen molar-refractivity contribution in [1.82, 2.24) is 14.9 Å². The molecule has 3 aromatic rings. The van der Waals surface area contributed by atoms with Gasteiger partial charge in [-0.25, -0.2) is 4.98 Å². The van der Waals surface area contributed by atoms with Gasteiger partial charge in [-0.3, -0.25) is 4.90 Å². The highest BCUT2D eigenvalue weighted by molar-refractivity contribution is 7.17. The lowest BCUT2D eigenvalue weighted by Gasteiger charge is -2.17. The van der Waals surface area contributed by atoms with E-state index in [2.05, 4.69) is 49.8 Å². The van der Waals surface area contributed by atoms with Gasteiger partial charge in [0, 0.05) is 50.7 Å². The summed E-state index contributed by atoms with van der Waals surface area (Å²) in [6.45, 7) is 3.19. The summed E-state index contributed by atoms with van der Waals surface area (Å²) in [4.78, 5) is 13.3. The summed E-state index contributed by atoms with van der Waals surface area (Å²) in [6.07, 6.45) is 2.96. The number of benzene rings is 1. The summed E-state index contributed by atoms with van der Waals surface area (Å²) in [6, 6.07) is 11.1. The summed E-state index contributed by atoms with van der Waals surface area (Å²) in [5.74, 6) is 1.65. The van der Waals surface area contributed by atoms with Crippen LogP contribution in [-0.4, -0.2) is 48.1 Å². The van der Waals surface area contributed by atoms with E-state index in [4.69, 9.17) is 0 Å². The summed E-state index contributed by atoms with van der Waals surface area (Å²) in [5, 5.41) is 7.27. The topological polar surface area (TPSA) is 44.3 Å². The molecule has 0 bridgehead atoms. The number of nitrogens with zero attached hydrogens (tertiary/aromatic N) is 4. The van der Waals surface area contributed by atoms with Crippen molar-refractivity contribution >= 4 is 33.2 Å². The number of likely N-dealkylation sites (tertiary alicyclic amines) is 1. The zero-order valence-corrected chi connectivity index (χ0v) is 15.5. The fraction of sp³-hybridized carbons (Fsp3) is 0.368. The van der Waals surface area contributed by atoms with Gasteiger partial charge in [-0.2, -0.15) is 4.98 Å². The van der Waals surface area contributed by atoms with Crippen LogP contribution >= 0.6 is 11.3 Å². The van der Waals surface area contributed by atoms with Crippen molar-refractivity contribution in [2.75, 3.05) is 37.4 Å². The molecule has 1 aromatic carbocycles. The molecule has 1 aliphatic heterocycles. The Morgan fingerprint density at radius 2 is 2.16 bits per heavy atom. The molecule has 2 aromatic heterocycles. The third-order valence-electron chi connectivity index (χ3n) is 4.62. The Kier molecular flexibility index (Phi) is 4.55. The predicted molar refractivity (Wildman–Crippen MR) is 105 cm³/mol. The number of anilines is 2. The van der Waals surface area contributed by atoms with Crippen LogP contribution in [0.1, 0.15) is 12.0 Å². The molecule has 6 heteroatoms. The van der Waals surface area contributed by atoms with Gasteiger partial charge in [0.25, 0.3) is 0 Å². The second-order valence-electron chi connectivity index (χ2n) is 6.76. The van der Waals surface area contributed by atoms with E-state index in [1.54, 1.807) is 0 Å². The predicted octanol–water partition coefficient (Wildman–Crippen LogP) is 3.44. The first-order valence-corrected chi connectivity index (χ1v) is 9.51. The quantitative estimate of drug-likeness (QED) is 0.761. The number of aromatic nitrogens is 2. The van der Waals surface area contributed by atoms with E-state index < -0.39 is 0 Å². The Morgan fingerprint density at radius 3 is 3.04 bits per heavy atom. The van der Waals surface area contributed by atoms with E-state index in [0.717, 1.165) is 37.8 Å². The fourth-order valence-electron chi connectivity index (χ4n) is 3.34. The number of fused-ring (bicyclic) bond motifs is 1. The summed E-state index contributed by atoms with van der Waals surface area (Å²) >= 11 is 1.84. The van der Waals surface area contributed by atoms with Crippen LogP contribution in [0.4, 0.5) is 11.8 Å². The number of thiophene rings is 1. The minimum Gasteiger partial charge on any atom is -0.366 e. The van der Waals surface area contributed by atoms with E-state index >= 15 is 0 Å². The Morgan fingerprint density at radius 1 is 1.28 bits per heavy atom. The molecule has 4 rings (SSSR count). The van der Waals surface area contributed by atoms with E-state index in [1.807, 2.05) is 42.6 Å². The third kappa shape index (κ3) is 3.60. The monoisotopic (exact) mass is 353 g/mol. The van der Waals surface area contributed by atoms with E-state index in [0.29, 0.717) is 6.04 Å². The van der Waals surface area contributed by atoms with Crippen LogP contribution in [0.3, 0.4) is 0 Å². The highest BCUT2D eigenvalue weighted by Crippen LogP contribution is 2.28. The fourth-order valence-corrected chi connectivity index (χ4v) is 4.30. The van der Waals surface area contributed by atoms with Crippen LogP contribution in [0.15, 0.2) is 41.9 Å². The zero-order valence-electron chi connectivity index (χ0n) is 14.6. The van der Waals surface area contributed by atoms with Gasteiger partial charge in [0.1, 0.15) is 5.82 Å². The highest BCUT2D eigenvalue weighted by Gasteiger charge is 2.23. The van der Waals surface area contributed by atoms with Crippen LogP contribution < -0.4 is 10.2 Å². The maximum Gasteiger partial charge on any atom is 0.226 e. The van der Waals surface area contributed by atoms with Gasteiger partial charge in [-0.1, -0.05) is 18.2 Å². The molecule has 0 amide bonds. The molecule has 130 valence electrons. The average Bonchev–Trinajstić information content (AvgIpc) is 3.23. The maximum atomic E-state index is 4.56. The zero-order chi connectivity index (χ0) is 17.2. The molecule has 0 spiro atoms. The molecule has 5 nitrogen and oxygen atoms in total. The lowest BCUT2D eigenvalue weighted by atomic mass is 10.2. The van der Waals surface area contributed by atoms with Gasteiger partial charge >= 0.3 is 0 Å². The van der Waals surface area contributed by atoms with Crippen molar-refractivity contribution in [3.63, 3.8) is 0 Å². The highest BCUT2D eigenvalue weighted by atomic mass is 32.1. The molecule has 0 aliphatic carbocycles. The molecule has 1 fully saturated rings. The second-order valence-corrected chi connectivity index (χ2v) is 7.67. The first-order valence-electron chi connectivity index (χ1n) is 8.63. The van der Waals surface area contributed by atoms with Crippen LogP contribution in [0.2, 0.25) is 0 Å². The second kappa shape index (κ2) is 6.98. The van der Waals surface area contributed by atoms with Crippen LogP contribution in [0.5, 0.6) is 0 Å². The molecule has 25 heavy (non-hydrogen) atoms. The number of rotatable bonds is 5. The number of hydrogen-bond acceptors (Lipinski definition) is 6. The van der Waals surface area contributed by atoms with Crippen molar-refractivity contribution in [3.05, 3.63) is 47.5 Å². The van der Waals surface area contributed by atoms with Gasteiger partial charge in [-0.15, -0.1) is 11.3 Å². The molecule has 1 N–H and O–H groups in total. The first kappa shape index (κ1) is 16.3. The Labute approximate surface area is 152 Å². The van der Waals surface area contributed by atoms with Gasteiger partial charge in [0.15, 0.2) is 0 Å². The van der Waals surface area contributed by atoms with Crippen molar-refractivity contribution in [3.8, 4) is 0 Å². The van der Waals surface area contributed by atoms with Gasteiger partial charge in [-0.05, 0) is 34.9 Å². The molecule has 0 radical (unpaired) electrons. The molecule has 3 heterocycles. The average molecular weight is 353 g/mol. The molecule has 1 aliphatic rings. The molecule has 0 saturated carbocycles. The number of nitrogens with one attached hydrogen (secondary N) is 1. The SMILES string of the molecule is CN(C)c1nccc(NC2CCN(Cc3csc4ccccc34)C2)n1. The minimum absolute atomic E-state index is 0.440. The molecular formula is C19H23N5S. The minimum atomic E-state index is 0.440. The largest absolute Gasteiger partial charge is 0.366 e. The van der Waals surface area contributed by atoms with Crippen LogP contribution in [0.25, 0.3) is 10.1 Å². The smallest absolute Gasteiger partial charge is 0.226 e. The number of hydrogen-bond donors (Lipinski definition) is 1. The normalized spacial score (nSPS) is 17.9. The lowest BCUT2D eigenvalue weighted by molar-refractivity contribution is 0.330. The third-order valence-corrected chi connectivity index (χ3v) is 5.63. The standard InChI is InChI=1S/C19H23N5S/c1-23(2)19-20-9-7-18(22-19)21-15-8-10-24(12-15)11-14-13-25-17-6-4-3-5-16(14)17/h3-7,9,13,15H,8,10-12H2,1-2H3,(H,20,21,22). The first-order chi connectivity index (χ1) is 12.2. The van der Waals surface area contributed by atoms with E-state index in [-0.39, 0.29) is 0 Å². The van der Waals surface area contributed by atoms with E-state index in [9.17, 15) is 0 Å². The van der Waals surface area contributed by atoms with Crippen LogP contribution in [0, 0.1) is 0 Å². The van der Waals surface area contributed by atoms with Crippen molar-refractivity contribution in [2.24, 2.45) is 0 Å². The van der Waals surface area contributed by atoms with Crippen molar-refractivity contribution < 1.29 is 0 Å². The Balaban J connectivity index is 1.39. The molecule has 1 atom stereocenters. The lowest BCUT2D eigenvalue weighted by Crippen LogP contribution is -2.26. The Bertz CT molecular complexity index is 860. The van der Waals surface area contributed by atoms with E-state index in [1.165, 1.54) is 15.6 Å². The van der Waals surface area contributed by atoms with Crippen LogP contribution in [-0.2, 0) is 6.54 Å². The van der Waals surface area contributed by atoms with Gasteiger partial charge in [0.05, 0.1) is 0 Å². The molecule has 1 unspecified atom stereocenters. The summed E-state index contributed by atoms with van der Waals surface area (Å²) in [7, 11) is 3.92. The maximum absolute atomic E-state index is 4.56. The van der Waals surface area contributed by atoms with Gasteiger partial charge < -0.3 is 10.2 Å². The van der Waals surface area contributed by atoms with Crippen molar-refractivity contribution in [1.29, 1.82) is 0 Å². The van der Waals surface area contributed by atoms with Gasteiger partial charge in [0.2, 0.25) is 5.95 Å². The summed E-state index contributed by atoms with van der Waals surface area (Å²) in [5.41, 5.74) is 1.44.